The normalized spacial score (nSPS) is 24.0. The summed E-state index contributed by atoms with van der Waals surface area (Å²) in [6.07, 6.45) is 5.15. The van der Waals surface area contributed by atoms with Crippen molar-refractivity contribution in [1.82, 2.24) is 10.2 Å². The first kappa shape index (κ1) is 18.2. The van der Waals surface area contributed by atoms with Crippen LogP contribution in [0, 0.1) is 11.7 Å². The zero-order chi connectivity index (χ0) is 18.9. The maximum atomic E-state index is 13.0. The van der Waals surface area contributed by atoms with Gasteiger partial charge in [0.2, 0.25) is 5.91 Å². The van der Waals surface area contributed by atoms with E-state index < -0.39 is 0 Å². The summed E-state index contributed by atoms with van der Waals surface area (Å²) in [6.45, 7) is 1.94. The summed E-state index contributed by atoms with van der Waals surface area (Å²) in [5.74, 6) is 0.337. The van der Waals surface area contributed by atoms with Gasteiger partial charge in [0.25, 0.3) is 0 Å². The molecule has 3 fully saturated rings. The number of amides is 3. The van der Waals surface area contributed by atoms with Crippen molar-refractivity contribution < 1.29 is 18.7 Å². The molecule has 1 atom stereocenters. The average Bonchev–Trinajstić information content (AvgIpc) is 3.42. The molecule has 0 unspecified atom stereocenters. The van der Waals surface area contributed by atoms with Gasteiger partial charge < -0.3 is 20.3 Å². The van der Waals surface area contributed by atoms with Gasteiger partial charge in [0.05, 0.1) is 5.60 Å². The number of hydrogen-bond acceptors (Lipinski definition) is 3. The van der Waals surface area contributed by atoms with E-state index in [4.69, 9.17) is 4.74 Å². The van der Waals surface area contributed by atoms with Crippen molar-refractivity contribution in [3.05, 3.63) is 30.1 Å². The predicted molar refractivity (Wildman–Crippen MR) is 98.8 cm³/mol. The second-order valence-electron chi connectivity index (χ2n) is 7.94. The third-order valence-corrected chi connectivity index (χ3v) is 5.87. The molecule has 0 radical (unpaired) electrons. The van der Waals surface area contributed by atoms with Gasteiger partial charge in [-0.15, -0.1) is 0 Å². The fraction of sp³-hybridized carbons (Fsp3) is 0.600. The molecule has 3 amide bonds. The molecule has 6 nitrogen and oxygen atoms in total. The Hall–Kier alpha value is -2.15. The first-order valence-corrected chi connectivity index (χ1v) is 9.80. The summed E-state index contributed by atoms with van der Waals surface area (Å²) in [5.41, 5.74) is 0.292. The minimum absolute atomic E-state index is 0.00950. The number of carbonyl (C=O) groups excluding carboxylic acids is 2. The molecule has 7 heteroatoms. The Morgan fingerprint density at radius 3 is 2.48 bits per heavy atom. The Morgan fingerprint density at radius 1 is 1.11 bits per heavy atom. The van der Waals surface area contributed by atoms with E-state index in [1.807, 2.05) is 0 Å². The van der Waals surface area contributed by atoms with Crippen LogP contribution < -0.4 is 10.6 Å². The number of anilines is 1. The predicted octanol–water partition coefficient (Wildman–Crippen LogP) is 2.90. The number of nitrogens with one attached hydrogen (secondary N) is 2. The first-order valence-electron chi connectivity index (χ1n) is 9.80. The van der Waals surface area contributed by atoms with Crippen molar-refractivity contribution in [2.45, 2.75) is 50.2 Å². The van der Waals surface area contributed by atoms with Gasteiger partial charge in [-0.3, -0.25) is 4.79 Å². The molecule has 2 aliphatic heterocycles. The van der Waals surface area contributed by atoms with E-state index in [0.717, 1.165) is 32.2 Å². The molecular formula is C20H26FN3O3. The number of urea groups is 1. The van der Waals surface area contributed by atoms with E-state index in [-0.39, 0.29) is 29.5 Å². The molecule has 146 valence electrons. The topological polar surface area (TPSA) is 70.7 Å². The zero-order valence-electron chi connectivity index (χ0n) is 15.4. The molecule has 2 heterocycles. The van der Waals surface area contributed by atoms with Gasteiger partial charge in [0, 0.05) is 25.3 Å². The highest BCUT2D eigenvalue weighted by molar-refractivity contribution is 5.89. The Bertz CT molecular complexity index is 697. The van der Waals surface area contributed by atoms with Crippen molar-refractivity contribution in [3.8, 4) is 0 Å². The van der Waals surface area contributed by atoms with E-state index >= 15 is 0 Å². The quantitative estimate of drug-likeness (QED) is 0.850. The van der Waals surface area contributed by atoms with Gasteiger partial charge in [-0.2, -0.15) is 0 Å². The largest absolute Gasteiger partial charge is 0.362 e. The summed E-state index contributed by atoms with van der Waals surface area (Å²) in [5, 5.41) is 5.80. The number of ether oxygens (including phenoxy) is 1. The Kier molecular flexibility index (Phi) is 5.04. The van der Waals surface area contributed by atoms with Crippen molar-refractivity contribution in [3.63, 3.8) is 0 Å². The third kappa shape index (κ3) is 4.40. The second-order valence-corrected chi connectivity index (χ2v) is 7.94. The molecule has 2 saturated heterocycles. The third-order valence-electron chi connectivity index (χ3n) is 5.87. The fourth-order valence-corrected chi connectivity index (χ4v) is 3.90. The molecule has 27 heavy (non-hydrogen) atoms. The summed E-state index contributed by atoms with van der Waals surface area (Å²) < 4.78 is 19.1. The maximum Gasteiger partial charge on any atom is 0.321 e. The SMILES string of the molecule is O=C(NCC1CC1)[C@@H]1CCC2(CCN(C(=O)Nc3ccc(F)cc3)CC2)O1. The molecule has 1 spiro atoms. The molecule has 1 aromatic carbocycles. The molecular weight excluding hydrogens is 349 g/mol. The highest BCUT2D eigenvalue weighted by atomic mass is 19.1. The maximum absolute atomic E-state index is 13.0. The zero-order valence-corrected chi connectivity index (χ0v) is 15.4. The number of carbonyl (C=O) groups is 2. The number of likely N-dealkylation sites (tertiary alicyclic amines) is 1. The molecule has 1 aromatic rings. The van der Waals surface area contributed by atoms with Crippen LogP contribution in [-0.2, 0) is 9.53 Å². The fourth-order valence-electron chi connectivity index (χ4n) is 3.90. The second kappa shape index (κ2) is 7.46. The van der Waals surface area contributed by atoms with E-state index in [1.165, 1.54) is 25.0 Å². The van der Waals surface area contributed by atoms with Crippen LogP contribution in [0.1, 0.15) is 38.5 Å². The number of rotatable bonds is 4. The highest BCUT2D eigenvalue weighted by Crippen LogP contribution is 2.39. The van der Waals surface area contributed by atoms with Crippen LogP contribution >= 0.6 is 0 Å². The summed E-state index contributed by atoms with van der Waals surface area (Å²) in [7, 11) is 0. The molecule has 1 saturated carbocycles. The minimum Gasteiger partial charge on any atom is -0.362 e. The molecule has 0 bridgehead atoms. The van der Waals surface area contributed by atoms with Gasteiger partial charge >= 0.3 is 6.03 Å². The summed E-state index contributed by atoms with van der Waals surface area (Å²) in [4.78, 5) is 26.4. The number of benzene rings is 1. The van der Waals surface area contributed by atoms with E-state index in [0.29, 0.717) is 24.7 Å². The first-order chi connectivity index (χ1) is 13.0. The number of hydrogen-bond donors (Lipinski definition) is 2. The van der Waals surface area contributed by atoms with Crippen LogP contribution in [0.3, 0.4) is 0 Å². The van der Waals surface area contributed by atoms with Crippen molar-refractivity contribution in [2.24, 2.45) is 5.92 Å². The average molecular weight is 375 g/mol. The Balaban J connectivity index is 1.25. The van der Waals surface area contributed by atoms with E-state index in [1.54, 1.807) is 17.0 Å². The van der Waals surface area contributed by atoms with E-state index in [2.05, 4.69) is 10.6 Å². The van der Waals surface area contributed by atoms with Crippen LogP contribution in [0.4, 0.5) is 14.9 Å². The van der Waals surface area contributed by atoms with Crippen LogP contribution in [0.2, 0.25) is 0 Å². The Labute approximate surface area is 158 Å². The van der Waals surface area contributed by atoms with Crippen LogP contribution in [0.25, 0.3) is 0 Å². The Morgan fingerprint density at radius 2 is 1.81 bits per heavy atom. The van der Waals surface area contributed by atoms with Crippen LogP contribution in [-0.4, -0.2) is 48.2 Å². The monoisotopic (exact) mass is 375 g/mol. The number of nitrogens with zero attached hydrogens (tertiary/aromatic N) is 1. The molecule has 0 aromatic heterocycles. The van der Waals surface area contributed by atoms with Crippen molar-refractivity contribution in [1.29, 1.82) is 0 Å². The molecule has 2 N–H and O–H groups in total. The number of halogens is 1. The lowest BCUT2D eigenvalue weighted by Crippen LogP contribution is -2.48. The molecule has 3 aliphatic rings. The molecule has 4 rings (SSSR count). The van der Waals surface area contributed by atoms with Crippen molar-refractivity contribution in [2.75, 3.05) is 25.0 Å². The lowest BCUT2D eigenvalue weighted by molar-refractivity contribution is -0.140. The number of piperidine rings is 1. The van der Waals surface area contributed by atoms with Gasteiger partial charge in [-0.1, -0.05) is 0 Å². The van der Waals surface area contributed by atoms with Crippen molar-refractivity contribution >= 4 is 17.6 Å². The van der Waals surface area contributed by atoms with Crippen LogP contribution in [0.15, 0.2) is 24.3 Å². The lowest BCUT2D eigenvalue weighted by atomic mass is 9.88. The summed E-state index contributed by atoms with van der Waals surface area (Å²) >= 11 is 0. The minimum atomic E-state index is -0.358. The standard InChI is InChI=1S/C20H26FN3O3/c21-15-3-5-16(6-4-15)23-19(26)24-11-9-20(10-12-24)8-7-17(27-20)18(25)22-13-14-1-2-14/h3-6,14,17H,1-2,7-13H2,(H,22,25)(H,23,26)/t17-/m0/s1. The highest BCUT2D eigenvalue weighted by Gasteiger charge is 2.45. The van der Waals surface area contributed by atoms with Gasteiger partial charge in [-0.05, 0) is 68.7 Å². The lowest BCUT2D eigenvalue weighted by Gasteiger charge is -2.39. The molecule has 1 aliphatic carbocycles. The van der Waals surface area contributed by atoms with E-state index in [9.17, 15) is 14.0 Å². The van der Waals surface area contributed by atoms with Crippen LogP contribution in [0.5, 0.6) is 0 Å². The summed E-state index contributed by atoms with van der Waals surface area (Å²) in [6, 6.07) is 5.55. The van der Waals surface area contributed by atoms with Gasteiger partial charge in [0.15, 0.2) is 0 Å². The van der Waals surface area contributed by atoms with Gasteiger partial charge in [-0.25, -0.2) is 9.18 Å². The smallest absolute Gasteiger partial charge is 0.321 e. The van der Waals surface area contributed by atoms with Gasteiger partial charge in [0.1, 0.15) is 11.9 Å².